The molecule has 0 saturated carbocycles. The van der Waals surface area contributed by atoms with Crippen molar-refractivity contribution in [3.8, 4) is 0 Å². The van der Waals surface area contributed by atoms with Gasteiger partial charge in [-0.1, -0.05) is 312 Å². The summed E-state index contributed by atoms with van der Waals surface area (Å²) in [6.07, 6.45) is 78.0. The van der Waals surface area contributed by atoms with Crippen LogP contribution in [0.3, 0.4) is 0 Å². The van der Waals surface area contributed by atoms with E-state index in [0.717, 1.165) is 70.6 Å². The van der Waals surface area contributed by atoms with Crippen molar-refractivity contribution in [2.24, 2.45) is 0 Å². The second-order valence-electron chi connectivity index (χ2n) is 26.0. The zero-order valence-corrected chi connectivity index (χ0v) is 57.2. The molecule has 0 bridgehead atoms. The number of rotatable bonds is 66. The number of amides is 1. The molecule has 1 aliphatic heterocycles. The lowest BCUT2D eigenvalue weighted by atomic mass is 9.99. The van der Waals surface area contributed by atoms with Gasteiger partial charge in [-0.15, -0.1) is 0 Å². The van der Waals surface area contributed by atoms with Gasteiger partial charge in [0, 0.05) is 12.8 Å². The molecule has 7 atom stereocenters. The third-order valence-corrected chi connectivity index (χ3v) is 17.6. The largest absolute Gasteiger partial charge is 0.466 e. The van der Waals surface area contributed by atoms with Gasteiger partial charge < -0.3 is 45.1 Å². The Morgan fingerprint density at radius 1 is 0.420 bits per heavy atom. The molecule has 1 rings (SSSR count). The number of aliphatic hydroxyl groups excluding tert-OH is 5. The van der Waals surface area contributed by atoms with E-state index in [-0.39, 0.29) is 18.5 Å². The van der Waals surface area contributed by atoms with Crippen LogP contribution >= 0.6 is 0 Å². The number of nitrogens with one attached hydrogen (secondary N) is 1. The highest BCUT2D eigenvalue weighted by molar-refractivity contribution is 5.76. The number of allylic oxidation sites excluding steroid dienone is 9. The van der Waals surface area contributed by atoms with Crippen molar-refractivity contribution in [3.05, 3.63) is 60.8 Å². The van der Waals surface area contributed by atoms with Gasteiger partial charge in [0.15, 0.2) is 6.29 Å². The van der Waals surface area contributed by atoms with Crippen LogP contribution in [0.1, 0.15) is 354 Å². The van der Waals surface area contributed by atoms with E-state index in [2.05, 4.69) is 67.8 Å². The van der Waals surface area contributed by atoms with E-state index >= 15 is 0 Å². The van der Waals surface area contributed by atoms with E-state index < -0.39 is 49.5 Å². The number of unbranched alkanes of at least 4 members (excludes halogenated alkanes) is 44. The first-order valence-electron chi connectivity index (χ1n) is 37.6. The molecule has 1 amide bonds. The summed E-state index contributed by atoms with van der Waals surface area (Å²) in [5, 5.41) is 54.5. The number of aliphatic hydroxyl groups is 5. The van der Waals surface area contributed by atoms with Gasteiger partial charge in [-0.25, -0.2) is 0 Å². The first-order valence-corrected chi connectivity index (χ1v) is 37.6. The maximum Gasteiger partial charge on any atom is 0.305 e. The number of hydrogen-bond acceptors (Lipinski definition) is 10. The minimum atomic E-state index is -1.57. The molecule has 11 nitrogen and oxygen atoms in total. The maximum absolute atomic E-state index is 13.1. The first kappa shape index (κ1) is 83.4. The minimum Gasteiger partial charge on any atom is -0.466 e. The molecule has 0 aromatic heterocycles. The second kappa shape index (κ2) is 65.8. The SMILES string of the molecule is CCC/C=C\C/C=C\CCCCCCCC(=O)OCCCCCCCCCCCCC/C=C\C/C=C\CCCCCCCCCCCCCCCCCCCC(=O)NC(COC1OC(CO)C(O)C(O)C1O)C(O)/C=C/CCCCCCCCCCCC. The van der Waals surface area contributed by atoms with E-state index in [1.807, 2.05) is 6.08 Å². The summed E-state index contributed by atoms with van der Waals surface area (Å²) in [6, 6.07) is -0.809. The number of carbonyl (C=O) groups is 2. The topological polar surface area (TPSA) is 175 Å². The Labute approximate surface area is 541 Å². The van der Waals surface area contributed by atoms with E-state index in [1.54, 1.807) is 6.08 Å². The Morgan fingerprint density at radius 3 is 1.19 bits per heavy atom. The zero-order chi connectivity index (χ0) is 63.7. The Kier molecular flexibility index (Phi) is 62.4. The van der Waals surface area contributed by atoms with E-state index in [0.29, 0.717) is 19.4 Å². The molecule has 514 valence electrons. The molecule has 0 aromatic rings. The molecule has 88 heavy (non-hydrogen) atoms. The zero-order valence-electron chi connectivity index (χ0n) is 57.2. The molecule has 1 saturated heterocycles. The predicted octanol–water partition coefficient (Wildman–Crippen LogP) is 19.7. The van der Waals surface area contributed by atoms with Gasteiger partial charge >= 0.3 is 5.97 Å². The standard InChI is InChI=1S/C77H141NO10/c1-3-5-7-9-11-13-15-40-45-49-53-57-61-65-73(82)86-66-62-58-54-50-46-42-39-37-35-33-31-29-27-25-23-21-19-17-18-20-22-24-26-28-30-32-34-36-38-41-44-48-52-56-60-64-72(81)78-69(68-87-77-76(85)75(84)74(83)71(67-79)88-77)70(80)63-59-55-51-47-43-16-14-12-10-8-6-4-2/h7,9,13,15,19,21,25,27,59,63,69-71,74-77,79-80,83-85H,3-6,8,10-12,14,16-18,20,22-24,26,28-58,60-62,64-68H2,1-2H3,(H,78,81)/b9-7-,15-13-,21-19-,27-25-,63-59+. The highest BCUT2D eigenvalue weighted by atomic mass is 16.7. The molecule has 6 N–H and O–H groups in total. The fourth-order valence-corrected chi connectivity index (χ4v) is 11.7. The molecule has 1 aliphatic rings. The molecule has 7 unspecified atom stereocenters. The summed E-state index contributed by atoms with van der Waals surface area (Å²) in [5.41, 5.74) is 0. The van der Waals surface area contributed by atoms with Crippen LogP contribution in [0.15, 0.2) is 60.8 Å². The number of ether oxygens (including phenoxy) is 3. The molecule has 0 spiro atoms. The van der Waals surface area contributed by atoms with Crippen molar-refractivity contribution in [2.45, 2.75) is 397 Å². The van der Waals surface area contributed by atoms with Crippen LogP contribution in [-0.2, 0) is 23.8 Å². The average Bonchev–Trinajstić information content (AvgIpc) is 3.02. The lowest BCUT2D eigenvalue weighted by Gasteiger charge is -2.40. The van der Waals surface area contributed by atoms with E-state index in [9.17, 15) is 35.1 Å². The Bertz CT molecular complexity index is 1650. The summed E-state index contributed by atoms with van der Waals surface area (Å²) >= 11 is 0. The van der Waals surface area contributed by atoms with Crippen molar-refractivity contribution in [2.75, 3.05) is 19.8 Å². The summed E-state index contributed by atoms with van der Waals surface area (Å²) in [5.74, 6) is -0.184. The summed E-state index contributed by atoms with van der Waals surface area (Å²) in [4.78, 5) is 25.1. The van der Waals surface area contributed by atoms with Crippen LogP contribution in [0.5, 0.6) is 0 Å². The quantitative estimate of drug-likeness (QED) is 0.0195. The lowest BCUT2D eigenvalue weighted by molar-refractivity contribution is -0.302. The minimum absolute atomic E-state index is 0.00548. The molecular weight excluding hydrogens is 1100 g/mol. The van der Waals surface area contributed by atoms with Crippen molar-refractivity contribution >= 4 is 11.9 Å². The van der Waals surface area contributed by atoms with Crippen molar-refractivity contribution in [1.82, 2.24) is 5.32 Å². The lowest BCUT2D eigenvalue weighted by Crippen LogP contribution is -2.60. The van der Waals surface area contributed by atoms with Crippen LogP contribution in [0.25, 0.3) is 0 Å². The molecule has 0 aromatic carbocycles. The van der Waals surface area contributed by atoms with Crippen LogP contribution < -0.4 is 5.32 Å². The van der Waals surface area contributed by atoms with Crippen LogP contribution in [-0.4, -0.2) is 100 Å². The summed E-state index contributed by atoms with van der Waals surface area (Å²) < 4.78 is 16.7. The van der Waals surface area contributed by atoms with Gasteiger partial charge in [0.2, 0.25) is 5.91 Å². The number of esters is 1. The summed E-state index contributed by atoms with van der Waals surface area (Å²) in [6.45, 7) is 4.30. The van der Waals surface area contributed by atoms with E-state index in [1.165, 1.54) is 257 Å². The van der Waals surface area contributed by atoms with Gasteiger partial charge in [0.05, 0.1) is 32.0 Å². The molecule has 1 heterocycles. The van der Waals surface area contributed by atoms with Crippen molar-refractivity contribution in [1.29, 1.82) is 0 Å². The highest BCUT2D eigenvalue weighted by Crippen LogP contribution is 2.23. The fraction of sp³-hybridized carbons (Fsp3) is 0.844. The number of hydrogen-bond donors (Lipinski definition) is 6. The Hall–Kier alpha value is -2.64. The summed E-state index contributed by atoms with van der Waals surface area (Å²) in [7, 11) is 0. The van der Waals surface area contributed by atoms with Crippen molar-refractivity contribution in [3.63, 3.8) is 0 Å². The first-order chi connectivity index (χ1) is 43.2. The number of carbonyl (C=O) groups excluding carboxylic acids is 2. The fourth-order valence-electron chi connectivity index (χ4n) is 11.7. The van der Waals surface area contributed by atoms with Crippen LogP contribution in [0.4, 0.5) is 0 Å². The van der Waals surface area contributed by atoms with Crippen LogP contribution in [0, 0.1) is 0 Å². The van der Waals surface area contributed by atoms with Gasteiger partial charge in [0.1, 0.15) is 24.4 Å². The van der Waals surface area contributed by atoms with Crippen LogP contribution in [0.2, 0.25) is 0 Å². The van der Waals surface area contributed by atoms with Gasteiger partial charge in [-0.05, 0) is 89.9 Å². The van der Waals surface area contributed by atoms with Gasteiger partial charge in [0.25, 0.3) is 0 Å². The predicted molar refractivity (Wildman–Crippen MR) is 370 cm³/mol. The molecule has 0 radical (unpaired) electrons. The maximum atomic E-state index is 13.1. The molecular formula is C77H141NO10. The Balaban J connectivity index is 1.93. The Morgan fingerprint density at radius 2 is 0.784 bits per heavy atom. The van der Waals surface area contributed by atoms with E-state index in [4.69, 9.17) is 14.2 Å². The smallest absolute Gasteiger partial charge is 0.305 e. The molecule has 11 heteroatoms. The third kappa shape index (κ3) is 54.0. The molecule has 0 aliphatic carbocycles. The average molecular weight is 1240 g/mol. The van der Waals surface area contributed by atoms with Gasteiger partial charge in [-0.3, -0.25) is 9.59 Å². The third-order valence-electron chi connectivity index (χ3n) is 17.6. The van der Waals surface area contributed by atoms with Crippen molar-refractivity contribution < 1.29 is 49.3 Å². The molecule has 1 fully saturated rings. The monoisotopic (exact) mass is 1240 g/mol. The van der Waals surface area contributed by atoms with Gasteiger partial charge in [-0.2, -0.15) is 0 Å². The highest BCUT2D eigenvalue weighted by Gasteiger charge is 2.44. The normalized spacial score (nSPS) is 18.1. The second-order valence-corrected chi connectivity index (χ2v) is 26.0.